The van der Waals surface area contributed by atoms with Gasteiger partial charge in [0.25, 0.3) is 5.91 Å². The molecule has 0 aromatic heterocycles. The minimum Gasteiger partial charge on any atom is -0.494 e. The third kappa shape index (κ3) is 6.32. The Labute approximate surface area is 178 Å². The van der Waals surface area contributed by atoms with Crippen LogP contribution in [0.25, 0.3) is 0 Å². The lowest BCUT2D eigenvalue weighted by Crippen LogP contribution is -2.42. The average molecular weight is 410 g/mol. The second kappa shape index (κ2) is 10.8. The van der Waals surface area contributed by atoms with E-state index in [1.165, 1.54) is 11.1 Å². The van der Waals surface area contributed by atoms with Crippen molar-refractivity contribution >= 4 is 11.8 Å². The summed E-state index contributed by atoms with van der Waals surface area (Å²) in [4.78, 5) is 29.2. The Morgan fingerprint density at radius 1 is 0.967 bits per heavy atom. The Balaban J connectivity index is 1.45. The number of nitrogens with one attached hydrogen (secondary N) is 1. The van der Waals surface area contributed by atoms with E-state index in [1.807, 2.05) is 11.8 Å². The molecule has 1 fully saturated rings. The van der Waals surface area contributed by atoms with Crippen LogP contribution in [0.4, 0.5) is 0 Å². The maximum atomic E-state index is 12.6. The van der Waals surface area contributed by atoms with Crippen LogP contribution in [0.2, 0.25) is 0 Å². The van der Waals surface area contributed by atoms with Gasteiger partial charge in [0.05, 0.1) is 13.2 Å². The van der Waals surface area contributed by atoms with Crippen LogP contribution in [0.1, 0.15) is 34.8 Å². The Kier molecular flexibility index (Phi) is 7.85. The third-order valence-electron chi connectivity index (χ3n) is 5.30. The molecule has 0 aliphatic carbocycles. The van der Waals surface area contributed by atoms with Crippen molar-refractivity contribution < 1.29 is 14.3 Å². The summed E-state index contributed by atoms with van der Waals surface area (Å²) in [5.74, 6) is 0.443. The number of amides is 2. The molecule has 6 nitrogen and oxygen atoms in total. The fourth-order valence-electron chi connectivity index (χ4n) is 3.57. The van der Waals surface area contributed by atoms with Crippen LogP contribution in [0.5, 0.6) is 5.75 Å². The van der Waals surface area contributed by atoms with E-state index >= 15 is 0 Å². The highest BCUT2D eigenvalue weighted by molar-refractivity contribution is 5.96. The second-order valence-electron chi connectivity index (χ2n) is 7.64. The SMILES string of the molecule is CCOc1ccc(C(=O)NCC(=O)N2CCCN(Cc3ccc(C)cc3)CC2)cc1. The predicted octanol–water partition coefficient (Wildman–Crippen LogP) is 2.86. The van der Waals surface area contributed by atoms with Gasteiger partial charge in [0.15, 0.2) is 0 Å². The van der Waals surface area contributed by atoms with Crippen LogP contribution < -0.4 is 10.1 Å². The van der Waals surface area contributed by atoms with Gasteiger partial charge in [0.2, 0.25) is 5.91 Å². The number of ether oxygens (including phenoxy) is 1. The number of benzene rings is 2. The molecule has 2 aromatic carbocycles. The lowest BCUT2D eigenvalue weighted by molar-refractivity contribution is -0.130. The highest BCUT2D eigenvalue weighted by atomic mass is 16.5. The molecule has 1 N–H and O–H groups in total. The molecule has 30 heavy (non-hydrogen) atoms. The molecule has 1 saturated heterocycles. The molecule has 1 aliphatic rings. The quantitative estimate of drug-likeness (QED) is 0.764. The molecule has 0 unspecified atom stereocenters. The first kappa shape index (κ1) is 21.8. The summed E-state index contributed by atoms with van der Waals surface area (Å²) in [5.41, 5.74) is 3.08. The Bertz CT molecular complexity index is 834. The van der Waals surface area contributed by atoms with Crippen molar-refractivity contribution in [3.63, 3.8) is 0 Å². The summed E-state index contributed by atoms with van der Waals surface area (Å²) in [6.07, 6.45) is 0.935. The molecule has 160 valence electrons. The number of aryl methyl sites for hydroxylation is 1. The first-order valence-electron chi connectivity index (χ1n) is 10.6. The lowest BCUT2D eigenvalue weighted by Gasteiger charge is -2.22. The normalized spacial score (nSPS) is 14.8. The van der Waals surface area contributed by atoms with E-state index in [2.05, 4.69) is 41.4 Å². The van der Waals surface area contributed by atoms with Gasteiger partial charge >= 0.3 is 0 Å². The van der Waals surface area contributed by atoms with Crippen molar-refractivity contribution in [1.82, 2.24) is 15.1 Å². The van der Waals surface area contributed by atoms with Crippen LogP contribution in [0, 0.1) is 6.92 Å². The zero-order valence-corrected chi connectivity index (χ0v) is 17.9. The van der Waals surface area contributed by atoms with E-state index in [0.29, 0.717) is 18.7 Å². The first-order chi connectivity index (χ1) is 14.5. The van der Waals surface area contributed by atoms with E-state index in [9.17, 15) is 9.59 Å². The Morgan fingerprint density at radius 3 is 2.40 bits per heavy atom. The van der Waals surface area contributed by atoms with Gasteiger partial charge in [-0.1, -0.05) is 29.8 Å². The monoisotopic (exact) mass is 409 g/mol. The van der Waals surface area contributed by atoms with E-state index < -0.39 is 0 Å². The van der Waals surface area contributed by atoms with Crippen LogP contribution in [0.15, 0.2) is 48.5 Å². The third-order valence-corrected chi connectivity index (χ3v) is 5.30. The van der Waals surface area contributed by atoms with Crippen LogP contribution in [-0.2, 0) is 11.3 Å². The molecule has 1 heterocycles. The fraction of sp³-hybridized carbons (Fsp3) is 0.417. The van der Waals surface area contributed by atoms with Crippen molar-refractivity contribution in [2.45, 2.75) is 26.8 Å². The molecule has 2 aromatic rings. The van der Waals surface area contributed by atoms with Crippen LogP contribution >= 0.6 is 0 Å². The molecule has 6 heteroatoms. The summed E-state index contributed by atoms with van der Waals surface area (Å²) < 4.78 is 5.38. The molecule has 0 radical (unpaired) electrons. The van der Waals surface area contributed by atoms with Gasteiger partial charge in [-0.2, -0.15) is 0 Å². The number of hydrogen-bond acceptors (Lipinski definition) is 4. The first-order valence-corrected chi connectivity index (χ1v) is 10.6. The van der Waals surface area contributed by atoms with E-state index in [0.717, 1.165) is 38.3 Å². The Hall–Kier alpha value is -2.86. The summed E-state index contributed by atoms with van der Waals surface area (Å²) in [5, 5.41) is 2.74. The maximum absolute atomic E-state index is 12.6. The molecular weight excluding hydrogens is 378 g/mol. The van der Waals surface area contributed by atoms with Crippen molar-refractivity contribution in [1.29, 1.82) is 0 Å². The van der Waals surface area contributed by atoms with Gasteiger partial charge in [0.1, 0.15) is 5.75 Å². The standard InChI is InChI=1S/C24H31N3O3/c1-3-30-22-11-9-21(10-12-22)24(29)25-17-23(28)27-14-4-13-26(15-16-27)18-20-7-5-19(2)6-8-20/h5-12H,3-4,13-18H2,1-2H3,(H,25,29). The van der Waals surface area contributed by atoms with E-state index in [-0.39, 0.29) is 18.4 Å². The summed E-state index contributed by atoms with van der Waals surface area (Å²) in [6, 6.07) is 15.5. The van der Waals surface area contributed by atoms with Crippen LogP contribution in [0.3, 0.4) is 0 Å². The van der Waals surface area contributed by atoms with Gasteiger partial charge < -0.3 is 15.0 Å². The highest BCUT2D eigenvalue weighted by Crippen LogP contribution is 2.12. The smallest absolute Gasteiger partial charge is 0.251 e. The topological polar surface area (TPSA) is 61.9 Å². The van der Waals surface area contributed by atoms with Gasteiger partial charge in [-0.25, -0.2) is 0 Å². The number of rotatable bonds is 7. The molecule has 2 amide bonds. The molecule has 1 aliphatic heterocycles. The Morgan fingerprint density at radius 2 is 1.70 bits per heavy atom. The van der Waals surface area contributed by atoms with Crippen molar-refractivity contribution in [2.75, 3.05) is 39.3 Å². The van der Waals surface area contributed by atoms with E-state index in [1.54, 1.807) is 24.3 Å². The number of carbonyl (C=O) groups is 2. The number of hydrogen-bond donors (Lipinski definition) is 1. The largest absolute Gasteiger partial charge is 0.494 e. The minimum atomic E-state index is -0.248. The summed E-state index contributed by atoms with van der Waals surface area (Å²) in [6.45, 7) is 8.72. The fourth-order valence-corrected chi connectivity index (χ4v) is 3.57. The van der Waals surface area contributed by atoms with Crippen molar-refractivity contribution in [2.24, 2.45) is 0 Å². The predicted molar refractivity (Wildman–Crippen MR) is 118 cm³/mol. The zero-order valence-electron chi connectivity index (χ0n) is 17.9. The maximum Gasteiger partial charge on any atom is 0.251 e. The van der Waals surface area contributed by atoms with Gasteiger partial charge in [-0.15, -0.1) is 0 Å². The number of nitrogens with zero attached hydrogens (tertiary/aromatic N) is 2. The molecule has 0 saturated carbocycles. The number of carbonyl (C=O) groups excluding carboxylic acids is 2. The lowest BCUT2D eigenvalue weighted by atomic mass is 10.1. The van der Waals surface area contributed by atoms with Gasteiger partial charge in [-0.3, -0.25) is 14.5 Å². The summed E-state index contributed by atoms with van der Waals surface area (Å²) in [7, 11) is 0. The minimum absolute atomic E-state index is 0.0179. The van der Waals surface area contributed by atoms with E-state index in [4.69, 9.17) is 4.74 Å². The molecule has 0 atom stereocenters. The second-order valence-corrected chi connectivity index (χ2v) is 7.64. The van der Waals surface area contributed by atoms with Gasteiger partial charge in [0, 0.05) is 38.3 Å². The van der Waals surface area contributed by atoms with Gasteiger partial charge in [-0.05, 0) is 50.1 Å². The average Bonchev–Trinajstić information content (AvgIpc) is 3.00. The van der Waals surface area contributed by atoms with Crippen molar-refractivity contribution in [3.8, 4) is 5.75 Å². The molecule has 0 bridgehead atoms. The summed E-state index contributed by atoms with van der Waals surface area (Å²) >= 11 is 0. The molecule has 0 spiro atoms. The van der Waals surface area contributed by atoms with Crippen LogP contribution in [-0.4, -0.2) is 60.9 Å². The van der Waals surface area contributed by atoms with Crippen molar-refractivity contribution in [3.05, 3.63) is 65.2 Å². The zero-order chi connectivity index (χ0) is 21.3. The molecule has 3 rings (SSSR count). The molecular formula is C24H31N3O3. The highest BCUT2D eigenvalue weighted by Gasteiger charge is 2.20.